The van der Waals surface area contributed by atoms with Gasteiger partial charge in [-0.1, -0.05) is 49.4 Å². The smallest absolute Gasteiger partial charge is 0.273 e. The number of nitrogens with one attached hydrogen (secondary N) is 2. The number of aryl methyl sites for hydroxylation is 1. The molecule has 0 fully saturated rings. The fourth-order valence-corrected chi connectivity index (χ4v) is 2.22. The van der Waals surface area contributed by atoms with E-state index in [0.717, 1.165) is 23.4 Å². The van der Waals surface area contributed by atoms with Gasteiger partial charge in [-0.25, -0.2) is 0 Å². The molecule has 0 radical (unpaired) electrons. The van der Waals surface area contributed by atoms with Crippen molar-refractivity contribution in [3.8, 4) is 11.3 Å². The Bertz CT molecular complexity index is 761. The molecule has 0 aliphatic carbocycles. The first-order valence-corrected chi connectivity index (χ1v) is 7.27. The highest BCUT2D eigenvalue weighted by Crippen LogP contribution is 2.19. The maximum absolute atomic E-state index is 12.2. The Morgan fingerprint density at radius 3 is 2.50 bits per heavy atom. The van der Waals surface area contributed by atoms with E-state index in [1.165, 1.54) is 5.56 Å². The van der Waals surface area contributed by atoms with Crippen molar-refractivity contribution in [1.82, 2.24) is 10.2 Å². The SMILES string of the molecule is CCc1ccc(-c2cc(C(=O)Nc3ccccc3)[nH]n2)cc1. The summed E-state index contributed by atoms with van der Waals surface area (Å²) in [6.45, 7) is 2.12. The summed E-state index contributed by atoms with van der Waals surface area (Å²) in [5.41, 5.74) is 4.24. The molecule has 1 amide bonds. The molecule has 110 valence electrons. The maximum atomic E-state index is 12.2. The molecule has 3 aromatic rings. The van der Waals surface area contributed by atoms with Crippen LogP contribution < -0.4 is 5.32 Å². The van der Waals surface area contributed by atoms with Crippen molar-refractivity contribution >= 4 is 11.6 Å². The summed E-state index contributed by atoms with van der Waals surface area (Å²) >= 11 is 0. The van der Waals surface area contributed by atoms with Crippen molar-refractivity contribution < 1.29 is 4.79 Å². The largest absolute Gasteiger partial charge is 0.321 e. The summed E-state index contributed by atoms with van der Waals surface area (Å²) in [7, 11) is 0. The van der Waals surface area contributed by atoms with Crippen molar-refractivity contribution in [1.29, 1.82) is 0 Å². The third-order valence-corrected chi connectivity index (χ3v) is 3.51. The zero-order valence-corrected chi connectivity index (χ0v) is 12.3. The molecule has 4 nitrogen and oxygen atoms in total. The Hall–Kier alpha value is -2.88. The summed E-state index contributed by atoms with van der Waals surface area (Å²) in [5.74, 6) is -0.199. The van der Waals surface area contributed by atoms with Crippen LogP contribution in [0.3, 0.4) is 0 Å². The number of carbonyl (C=O) groups is 1. The lowest BCUT2D eigenvalue weighted by Crippen LogP contribution is -2.12. The summed E-state index contributed by atoms with van der Waals surface area (Å²) in [4.78, 5) is 12.2. The minimum absolute atomic E-state index is 0.199. The lowest BCUT2D eigenvalue weighted by atomic mass is 10.1. The first kappa shape index (κ1) is 14.1. The number of anilines is 1. The van der Waals surface area contributed by atoms with Crippen LogP contribution in [0.1, 0.15) is 23.0 Å². The molecular weight excluding hydrogens is 274 g/mol. The lowest BCUT2D eigenvalue weighted by Gasteiger charge is -2.02. The number of H-pyrrole nitrogens is 1. The van der Waals surface area contributed by atoms with Crippen LogP contribution in [0.25, 0.3) is 11.3 Å². The van der Waals surface area contributed by atoms with Crippen LogP contribution in [0.5, 0.6) is 0 Å². The zero-order chi connectivity index (χ0) is 15.4. The zero-order valence-electron chi connectivity index (χ0n) is 12.3. The number of hydrogen-bond acceptors (Lipinski definition) is 2. The number of aromatic amines is 1. The summed E-state index contributed by atoms with van der Waals surface area (Å²) in [6, 6.07) is 19.3. The fraction of sp³-hybridized carbons (Fsp3) is 0.111. The fourth-order valence-electron chi connectivity index (χ4n) is 2.22. The molecule has 1 heterocycles. The summed E-state index contributed by atoms with van der Waals surface area (Å²) < 4.78 is 0. The van der Waals surface area contributed by atoms with E-state index in [-0.39, 0.29) is 5.91 Å². The highest BCUT2D eigenvalue weighted by atomic mass is 16.1. The first-order valence-electron chi connectivity index (χ1n) is 7.27. The third-order valence-electron chi connectivity index (χ3n) is 3.51. The van der Waals surface area contributed by atoms with Crippen LogP contribution in [0, 0.1) is 0 Å². The van der Waals surface area contributed by atoms with Crippen LogP contribution in [-0.4, -0.2) is 16.1 Å². The Morgan fingerprint density at radius 2 is 1.82 bits per heavy atom. The second-order valence-electron chi connectivity index (χ2n) is 5.04. The van der Waals surface area contributed by atoms with Crippen LogP contribution in [0.15, 0.2) is 60.7 Å². The molecule has 0 unspecified atom stereocenters. The normalized spacial score (nSPS) is 10.4. The lowest BCUT2D eigenvalue weighted by molar-refractivity contribution is 0.102. The van der Waals surface area contributed by atoms with Crippen LogP contribution in [-0.2, 0) is 6.42 Å². The van der Waals surface area contributed by atoms with Gasteiger partial charge >= 0.3 is 0 Å². The van der Waals surface area contributed by atoms with E-state index < -0.39 is 0 Å². The van der Waals surface area contributed by atoms with E-state index in [1.54, 1.807) is 6.07 Å². The summed E-state index contributed by atoms with van der Waals surface area (Å²) in [6.07, 6.45) is 1.01. The van der Waals surface area contributed by atoms with Gasteiger partial charge in [-0.15, -0.1) is 0 Å². The van der Waals surface area contributed by atoms with Crippen molar-refractivity contribution in [3.63, 3.8) is 0 Å². The highest BCUT2D eigenvalue weighted by Gasteiger charge is 2.11. The average molecular weight is 291 g/mol. The topological polar surface area (TPSA) is 57.8 Å². The van der Waals surface area contributed by atoms with Crippen molar-refractivity contribution in [3.05, 3.63) is 71.9 Å². The van der Waals surface area contributed by atoms with Gasteiger partial charge in [-0.2, -0.15) is 5.10 Å². The van der Waals surface area contributed by atoms with Crippen molar-refractivity contribution in [2.45, 2.75) is 13.3 Å². The maximum Gasteiger partial charge on any atom is 0.273 e. The quantitative estimate of drug-likeness (QED) is 0.766. The molecule has 0 saturated heterocycles. The molecule has 2 aromatic carbocycles. The molecule has 0 spiro atoms. The standard InChI is InChI=1S/C18H17N3O/c1-2-13-8-10-14(11-9-13)16-12-17(21-20-16)18(22)19-15-6-4-3-5-7-15/h3-12H,2H2,1H3,(H,19,22)(H,20,21). The molecule has 3 rings (SSSR count). The third kappa shape index (κ3) is 3.06. The van der Waals surface area contributed by atoms with Gasteiger partial charge < -0.3 is 5.32 Å². The number of carbonyl (C=O) groups excluding carboxylic acids is 1. The van der Waals surface area contributed by atoms with Crippen LogP contribution >= 0.6 is 0 Å². The monoisotopic (exact) mass is 291 g/mol. The first-order chi connectivity index (χ1) is 10.8. The second kappa shape index (κ2) is 6.26. The number of hydrogen-bond donors (Lipinski definition) is 2. The molecule has 1 aromatic heterocycles. The predicted molar refractivity (Wildman–Crippen MR) is 87.8 cm³/mol. The van der Waals surface area contributed by atoms with E-state index in [1.807, 2.05) is 42.5 Å². The second-order valence-corrected chi connectivity index (χ2v) is 5.04. The Kier molecular flexibility index (Phi) is 4.01. The Labute approximate surface area is 129 Å². The van der Waals surface area contributed by atoms with Crippen LogP contribution in [0.2, 0.25) is 0 Å². The number of para-hydroxylation sites is 1. The van der Waals surface area contributed by atoms with Gasteiger partial charge in [0.1, 0.15) is 5.69 Å². The van der Waals surface area contributed by atoms with E-state index in [0.29, 0.717) is 5.69 Å². The Balaban J connectivity index is 1.76. The molecule has 0 aliphatic rings. The number of nitrogens with zero attached hydrogens (tertiary/aromatic N) is 1. The summed E-state index contributed by atoms with van der Waals surface area (Å²) in [5, 5.41) is 9.84. The highest BCUT2D eigenvalue weighted by molar-refractivity contribution is 6.03. The van der Waals surface area contributed by atoms with Gasteiger partial charge in [0.2, 0.25) is 0 Å². The number of rotatable bonds is 4. The Morgan fingerprint density at radius 1 is 1.09 bits per heavy atom. The molecule has 0 atom stereocenters. The van der Waals surface area contributed by atoms with Crippen molar-refractivity contribution in [2.75, 3.05) is 5.32 Å². The molecule has 0 aliphatic heterocycles. The van der Waals surface area contributed by atoms with E-state index >= 15 is 0 Å². The molecule has 4 heteroatoms. The van der Waals surface area contributed by atoms with Crippen LogP contribution in [0.4, 0.5) is 5.69 Å². The van der Waals surface area contributed by atoms with E-state index in [4.69, 9.17) is 0 Å². The number of benzene rings is 2. The minimum Gasteiger partial charge on any atom is -0.321 e. The number of amides is 1. The van der Waals surface area contributed by atoms with Gasteiger partial charge in [-0.3, -0.25) is 9.89 Å². The minimum atomic E-state index is -0.199. The van der Waals surface area contributed by atoms with E-state index in [2.05, 4.69) is 34.6 Å². The molecule has 0 bridgehead atoms. The predicted octanol–water partition coefficient (Wildman–Crippen LogP) is 3.89. The molecule has 22 heavy (non-hydrogen) atoms. The van der Waals surface area contributed by atoms with Gasteiger partial charge in [0.25, 0.3) is 5.91 Å². The van der Waals surface area contributed by atoms with Crippen molar-refractivity contribution in [2.24, 2.45) is 0 Å². The molecule has 0 saturated carbocycles. The molecule has 2 N–H and O–H groups in total. The van der Waals surface area contributed by atoms with Gasteiger partial charge in [0.05, 0.1) is 5.69 Å². The average Bonchev–Trinajstić information content (AvgIpc) is 3.06. The van der Waals surface area contributed by atoms with E-state index in [9.17, 15) is 4.79 Å². The van der Waals surface area contributed by atoms with Gasteiger partial charge in [-0.05, 0) is 30.2 Å². The van der Waals surface area contributed by atoms with Gasteiger partial charge in [0.15, 0.2) is 0 Å². The molecular formula is C18H17N3O. The van der Waals surface area contributed by atoms with Gasteiger partial charge in [0, 0.05) is 11.3 Å². The number of aromatic nitrogens is 2.